The van der Waals surface area contributed by atoms with Gasteiger partial charge >= 0.3 is 0 Å². The molecule has 0 aliphatic heterocycles. The maximum atomic E-state index is 5.96. The molecular weight excluding hydrogens is 254 g/mol. The van der Waals surface area contributed by atoms with Crippen LogP contribution in [0.3, 0.4) is 0 Å². The zero-order chi connectivity index (χ0) is 13.7. The van der Waals surface area contributed by atoms with Gasteiger partial charge in [-0.3, -0.25) is 0 Å². The van der Waals surface area contributed by atoms with Crippen LogP contribution in [0.1, 0.15) is 22.3 Å². The summed E-state index contributed by atoms with van der Waals surface area (Å²) >= 11 is 1.74. The Labute approximate surface area is 119 Å². The van der Waals surface area contributed by atoms with Gasteiger partial charge in [0.25, 0.3) is 0 Å². The van der Waals surface area contributed by atoms with Gasteiger partial charge in [-0.25, -0.2) is 0 Å². The van der Waals surface area contributed by atoms with Gasteiger partial charge in [0.1, 0.15) is 5.75 Å². The molecule has 0 spiro atoms. The van der Waals surface area contributed by atoms with Gasteiger partial charge in [0.2, 0.25) is 0 Å². The molecule has 0 saturated carbocycles. The van der Waals surface area contributed by atoms with Crippen LogP contribution in [-0.2, 0) is 13.0 Å². The lowest BCUT2D eigenvalue weighted by Gasteiger charge is -2.14. The predicted octanol–water partition coefficient (Wildman–Crippen LogP) is 3.71. The molecule has 1 aromatic heterocycles. The Morgan fingerprint density at radius 2 is 1.89 bits per heavy atom. The highest BCUT2D eigenvalue weighted by atomic mass is 32.1. The number of hydrogen-bond acceptors (Lipinski definition) is 3. The Balaban J connectivity index is 1.99. The van der Waals surface area contributed by atoms with Crippen LogP contribution in [0, 0.1) is 13.8 Å². The van der Waals surface area contributed by atoms with Crippen molar-refractivity contribution in [3.05, 3.63) is 51.2 Å². The minimum Gasteiger partial charge on any atom is -0.493 e. The van der Waals surface area contributed by atoms with Crippen LogP contribution in [0.2, 0.25) is 0 Å². The fraction of sp³-hybridized carbons (Fsp3) is 0.375. The second kappa shape index (κ2) is 6.73. The van der Waals surface area contributed by atoms with Gasteiger partial charge in [-0.2, -0.15) is 11.3 Å². The maximum absolute atomic E-state index is 5.96. The van der Waals surface area contributed by atoms with Crippen LogP contribution in [0.25, 0.3) is 0 Å². The lowest BCUT2D eigenvalue weighted by Crippen LogP contribution is -2.07. The highest BCUT2D eigenvalue weighted by Crippen LogP contribution is 2.25. The molecule has 1 heterocycles. The highest BCUT2D eigenvalue weighted by Gasteiger charge is 2.06. The summed E-state index contributed by atoms with van der Waals surface area (Å²) in [5.41, 5.74) is 5.10. The Morgan fingerprint density at radius 1 is 1.16 bits per heavy atom. The molecule has 1 aromatic carbocycles. The van der Waals surface area contributed by atoms with Crippen LogP contribution in [0.4, 0.5) is 0 Å². The number of rotatable bonds is 6. The molecule has 0 unspecified atom stereocenters. The standard InChI is InChI=1S/C16H21NOS/c1-12-8-15(10-17-3)9-13(2)16(12)18-6-4-14-5-7-19-11-14/h5,7-9,11,17H,4,6,10H2,1-3H3. The molecule has 0 bridgehead atoms. The molecule has 0 fully saturated rings. The van der Waals surface area contributed by atoms with Gasteiger partial charge in [0, 0.05) is 13.0 Å². The normalized spacial score (nSPS) is 10.7. The van der Waals surface area contributed by atoms with Crippen LogP contribution in [0.5, 0.6) is 5.75 Å². The van der Waals surface area contributed by atoms with Crippen molar-refractivity contribution in [2.24, 2.45) is 0 Å². The van der Waals surface area contributed by atoms with Crippen LogP contribution in [0.15, 0.2) is 29.0 Å². The second-order valence-corrected chi connectivity index (χ2v) is 5.60. The summed E-state index contributed by atoms with van der Waals surface area (Å²) in [5, 5.41) is 7.47. The summed E-state index contributed by atoms with van der Waals surface area (Å²) in [6.45, 7) is 5.87. The molecule has 2 nitrogen and oxygen atoms in total. The Bertz CT molecular complexity index is 497. The van der Waals surface area contributed by atoms with Crippen molar-refractivity contribution in [2.75, 3.05) is 13.7 Å². The van der Waals surface area contributed by atoms with E-state index in [-0.39, 0.29) is 0 Å². The molecule has 0 atom stereocenters. The van der Waals surface area contributed by atoms with E-state index >= 15 is 0 Å². The SMILES string of the molecule is CNCc1cc(C)c(OCCc2ccsc2)c(C)c1. The van der Waals surface area contributed by atoms with Gasteiger partial charge in [0.15, 0.2) is 0 Å². The summed E-state index contributed by atoms with van der Waals surface area (Å²) in [6.07, 6.45) is 0.973. The molecule has 0 radical (unpaired) electrons. The summed E-state index contributed by atoms with van der Waals surface area (Å²) in [6, 6.07) is 6.55. The smallest absolute Gasteiger partial charge is 0.125 e. The van der Waals surface area contributed by atoms with E-state index in [0.717, 1.165) is 25.3 Å². The Kier molecular flexibility index (Phi) is 5.00. The molecule has 19 heavy (non-hydrogen) atoms. The van der Waals surface area contributed by atoms with E-state index in [1.807, 2.05) is 7.05 Å². The first-order chi connectivity index (χ1) is 9.20. The maximum Gasteiger partial charge on any atom is 0.125 e. The minimum atomic E-state index is 0.740. The third-order valence-electron chi connectivity index (χ3n) is 3.12. The summed E-state index contributed by atoms with van der Waals surface area (Å²) in [4.78, 5) is 0. The fourth-order valence-electron chi connectivity index (χ4n) is 2.28. The van der Waals surface area contributed by atoms with Gasteiger partial charge in [-0.05, 0) is 60.0 Å². The van der Waals surface area contributed by atoms with E-state index in [4.69, 9.17) is 4.74 Å². The second-order valence-electron chi connectivity index (χ2n) is 4.82. The van der Waals surface area contributed by atoms with E-state index in [9.17, 15) is 0 Å². The van der Waals surface area contributed by atoms with Gasteiger partial charge in [0.05, 0.1) is 6.61 Å². The molecule has 0 amide bonds. The van der Waals surface area contributed by atoms with Crippen molar-refractivity contribution in [3.8, 4) is 5.75 Å². The zero-order valence-electron chi connectivity index (χ0n) is 11.8. The molecule has 2 rings (SSSR count). The first-order valence-electron chi connectivity index (χ1n) is 6.59. The average molecular weight is 275 g/mol. The van der Waals surface area contributed by atoms with Gasteiger partial charge in [-0.15, -0.1) is 0 Å². The molecule has 1 N–H and O–H groups in total. The average Bonchev–Trinajstić information content (AvgIpc) is 2.86. The van der Waals surface area contributed by atoms with Crippen molar-refractivity contribution in [3.63, 3.8) is 0 Å². The van der Waals surface area contributed by atoms with Crippen LogP contribution in [-0.4, -0.2) is 13.7 Å². The highest BCUT2D eigenvalue weighted by molar-refractivity contribution is 7.07. The topological polar surface area (TPSA) is 21.3 Å². The number of benzene rings is 1. The third kappa shape index (κ3) is 3.82. The van der Waals surface area contributed by atoms with Crippen molar-refractivity contribution in [1.29, 1.82) is 0 Å². The van der Waals surface area contributed by atoms with Crippen molar-refractivity contribution < 1.29 is 4.74 Å². The molecule has 0 aliphatic rings. The van der Waals surface area contributed by atoms with Crippen molar-refractivity contribution in [2.45, 2.75) is 26.8 Å². The van der Waals surface area contributed by atoms with E-state index in [1.54, 1.807) is 11.3 Å². The molecule has 2 aromatic rings. The fourth-order valence-corrected chi connectivity index (χ4v) is 2.98. The quantitative estimate of drug-likeness (QED) is 0.868. The van der Waals surface area contributed by atoms with Gasteiger partial charge < -0.3 is 10.1 Å². The molecular formula is C16H21NOS. The van der Waals surface area contributed by atoms with E-state index < -0.39 is 0 Å². The van der Waals surface area contributed by atoms with E-state index in [0.29, 0.717) is 0 Å². The Hall–Kier alpha value is -1.32. The number of nitrogens with one attached hydrogen (secondary N) is 1. The third-order valence-corrected chi connectivity index (χ3v) is 3.85. The number of ether oxygens (including phenoxy) is 1. The van der Waals surface area contributed by atoms with Crippen LogP contribution >= 0.6 is 11.3 Å². The first kappa shape index (κ1) is 14.1. The van der Waals surface area contributed by atoms with E-state index in [2.05, 4.69) is 48.1 Å². The van der Waals surface area contributed by atoms with Crippen LogP contribution < -0.4 is 10.1 Å². The number of thiophene rings is 1. The number of hydrogen-bond donors (Lipinski definition) is 1. The molecule has 0 aliphatic carbocycles. The van der Waals surface area contributed by atoms with Crippen molar-refractivity contribution in [1.82, 2.24) is 5.32 Å². The lowest BCUT2D eigenvalue weighted by molar-refractivity contribution is 0.317. The summed E-state index contributed by atoms with van der Waals surface area (Å²) < 4.78 is 5.96. The number of aryl methyl sites for hydroxylation is 2. The largest absolute Gasteiger partial charge is 0.493 e. The molecule has 102 valence electrons. The molecule has 3 heteroatoms. The first-order valence-corrected chi connectivity index (χ1v) is 7.53. The lowest BCUT2D eigenvalue weighted by atomic mass is 10.1. The Morgan fingerprint density at radius 3 is 2.47 bits per heavy atom. The summed E-state index contributed by atoms with van der Waals surface area (Å²) in [5.74, 6) is 1.04. The minimum absolute atomic E-state index is 0.740. The monoisotopic (exact) mass is 275 g/mol. The van der Waals surface area contributed by atoms with Gasteiger partial charge in [-0.1, -0.05) is 12.1 Å². The molecule has 0 saturated heterocycles. The predicted molar refractivity (Wildman–Crippen MR) is 82.2 cm³/mol. The zero-order valence-corrected chi connectivity index (χ0v) is 12.6. The summed E-state index contributed by atoms with van der Waals surface area (Å²) in [7, 11) is 1.97. The van der Waals surface area contributed by atoms with Crippen molar-refractivity contribution >= 4 is 11.3 Å². The van der Waals surface area contributed by atoms with E-state index in [1.165, 1.54) is 22.3 Å².